The molecule has 7 nitrogen and oxygen atoms in total. The maximum atomic E-state index is 13.3. The van der Waals surface area contributed by atoms with Crippen molar-refractivity contribution in [3.8, 4) is 0 Å². The van der Waals surface area contributed by atoms with E-state index in [9.17, 15) is 9.59 Å². The van der Waals surface area contributed by atoms with Crippen molar-refractivity contribution < 1.29 is 18.5 Å². The fraction of sp³-hybridized carbons (Fsp3) is 0.810. The molecule has 3 rings (SSSR count). The Morgan fingerprint density at radius 1 is 1.26 bits per heavy atom. The molecule has 0 aromatic rings. The molecule has 3 aliphatic rings. The van der Waals surface area contributed by atoms with E-state index in [1.807, 2.05) is 6.92 Å². The van der Waals surface area contributed by atoms with E-state index < -0.39 is 14.3 Å². The lowest BCUT2D eigenvalue weighted by Gasteiger charge is -2.49. The maximum Gasteiger partial charge on any atom is 0.358 e. The molecule has 3 heterocycles. The second kappa shape index (κ2) is 10.5. The van der Waals surface area contributed by atoms with Crippen LogP contribution in [0.5, 0.6) is 0 Å². The third kappa shape index (κ3) is 4.67. The highest BCUT2D eigenvalue weighted by atomic mass is 31.1. The van der Waals surface area contributed by atoms with Gasteiger partial charge in [0.1, 0.15) is 14.7 Å². The zero-order valence-electron chi connectivity index (χ0n) is 19.6. The summed E-state index contributed by atoms with van der Waals surface area (Å²) in [4.78, 5) is 32.7. The van der Waals surface area contributed by atoms with Crippen molar-refractivity contribution in [3.63, 3.8) is 0 Å². The number of hydrogen-bond acceptors (Lipinski definition) is 6. The van der Waals surface area contributed by atoms with Crippen molar-refractivity contribution in [1.82, 2.24) is 14.8 Å². The van der Waals surface area contributed by atoms with Gasteiger partial charge in [-0.1, -0.05) is 27.7 Å². The van der Waals surface area contributed by atoms with E-state index in [4.69, 9.17) is 16.9 Å². The van der Waals surface area contributed by atoms with E-state index in [1.54, 1.807) is 4.90 Å². The number of amides is 1. The second-order valence-corrected chi connectivity index (χ2v) is 14.5. The molecule has 2 radical (unpaired) electrons. The summed E-state index contributed by atoms with van der Waals surface area (Å²) < 4.78 is 12.0. The highest BCUT2D eigenvalue weighted by Crippen LogP contribution is 2.49. The first-order chi connectivity index (χ1) is 14.8. The molecule has 0 saturated carbocycles. The molecule has 172 valence electrons. The number of hydrogen-bond donors (Lipinski definition) is 1. The van der Waals surface area contributed by atoms with Crippen LogP contribution in [0.25, 0.3) is 0 Å². The summed E-state index contributed by atoms with van der Waals surface area (Å²) >= 11 is 0. The van der Waals surface area contributed by atoms with Gasteiger partial charge in [-0.25, -0.2) is 4.79 Å². The SMILES string of the molecule is [B]NPOC(=O)C1=C(CN2CCCC2)[C@H](C)[C@@H]2[C@@H]([C@@H](C)O[Si](CC)(CC)CC)C(=O)N12. The Kier molecular flexibility index (Phi) is 8.41. The molecule has 2 saturated heterocycles. The quantitative estimate of drug-likeness (QED) is 0.288. The highest BCUT2D eigenvalue weighted by Gasteiger charge is 2.61. The third-order valence-electron chi connectivity index (χ3n) is 7.66. The molecule has 0 bridgehead atoms. The number of likely N-dealkylation sites (tertiary alicyclic amines) is 1. The average molecular weight is 465 g/mol. The van der Waals surface area contributed by atoms with Crippen LogP contribution in [0, 0.1) is 11.8 Å². The van der Waals surface area contributed by atoms with E-state index >= 15 is 0 Å². The number of carbonyl (C=O) groups is 2. The van der Waals surface area contributed by atoms with Gasteiger partial charge < -0.3 is 18.8 Å². The monoisotopic (exact) mass is 465 g/mol. The minimum atomic E-state index is -1.83. The van der Waals surface area contributed by atoms with E-state index in [-0.39, 0.29) is 38.8 Å². The molecule has 0 aliphatic carbocycles. The zero-order valence-corrected chi connectivity index (χ0v) is 21.6. The zero-order chi connectivity index (χ0) is 22.8. The Morgan fingerprint density at radius 2 is 1.87 bits per heavy atom. The molecule has 31 heavy (non-hydrogen) atoms. The Morgan fingerprint density at radius 3 is 2.42 bits per heavy atom. The van der Waals surface area contributed by atoms with Crippen LogP contribution in [-0.2, 0) is 18.5 Å². The van der Waals surface area contributed by atoms with Gasteiger partial charge in [0.05, 0.1) is 18.1 Å². The van der Waals surface area contributed by atoms with Crippen LogP contribution in [0.2, 0.25) is 18.1 Å². The van der Waals surface area contributed by atoms with Crippen molar-refractivity contribution >= 4 is 37.1 Å². The molecule has 0 aromatic carbocycles. The van der Waals surface area contributed by atoms with E-state index in [1.165, 1.54) is 12.8 Å². The summed E-state index contributed by atoms with van der Waals surface area (Å²) in [5.41, 5.74) is 1.46. The van der Waals surface area contributed by atoms with Gasteiger partial charge in [0.25, 0.3) is 0 Å². The van der Waals surface area contributed by atoms with Crippen molar-refractivity contribution in [3.05, 3.63) is 11.3 Å². The number of rotatable bonds is 11. The topological polar surface area (TPSA) is 71.1 Å². The normalized spacial score (nSPS) is 27.8. The summed E-state index contributed by atoms with van der Waals surface area (Å²) in [5, 5.41) is 0. The molecule has 5 atom stereocenters. The highest BCUT2D eigenvalue weighted by molar-refractivity contribution is 7.32. The van der Waals surface area contributed by atoms with Gasteiger partial charge in [-0.15, -0.1) is 0 Å². The van der Waals surface area contributed by atoms with Crippen molar-refractivity contribution in [2.24, 2.45) is 11.8 Å². The third-order valence-corrected chi connectivity index (χ3v) is 12.8. The molecule has 2 fully saturated rings. The van der Waals surface area contributed by atoms with Gasteiger partial charge in [0, 0.05) is 12.5 Å². The summed E-state index contributed by atoms with van der Waals surface area (Å²) in [7, 11) is 3.14. The number of nitrogens with zero attached hydrogens (tertiary/aromatic N) is 2. The first-order valence-electron chi connectivity index (χ1n) is 11.7. The fourth-order valence-corrected chi connectivity index (χ4v) is 8.79. The van der Waals surface area contributed by atoms with Crippen LogP contribution >= 0.6 is 8.96 Å². The van der Waals surface area contributed by atoms with Crippen molar-refractivity contribution in [1.29, 1.82) is 0 Å². The molecule has 0 spiro atoms. The smallest absolute Gasteiger partial charge is 0.358 e. The van der Waals surface area contributed by atoms with Gasteiger partial charge in [0.2, 0.25) is 5.91 Å². The van der Waals surface area contributed by atoms with Gasteiger partial charge in [-0.2, -0.15) is 0 Å². The van der Waals surface area contributed by atoms with Gasteiger partial charge >= 0.3 is 5.97 Å². The lowest BCUT2D eigenvalue weighted by atomic mass is 9.77. The molecular formula is C21H37BN3O4PSi. The molecule has 0 aromatic heterocycles. The first kappa shape index (κ1) is 24.9. The van der Waals surface area contributed by atoms with Gasteiger partial charge in [0.15, 0.2) is 16.3 Å². The van der Waals surface area contributed by atoms with Crippen LogP contribution in [0.15, 0.2) is 11.3 Å². The lowest BCUT2D eigenvalue weighted by Crippen LogP contribution is -2.65. The average Bonchev–Trinajstić information content (AvgIpc) is 3.36. The summed E-state index contributed by atoms with van der Waals surface area (Å²) in [6.07, 6.45) is 2.22. The second-order valence-electron chi connectivity index (χ2n) is 9.07. The fourth-order valence-electron chi connectivity index (χ4n) is 5.60. The van der Waals surface area contributed by atoms with E-state index in [0.29, 0.717) is 12.2 Å². The predicted octanol–water partition coefficient (Wildman–Crippen LogP) is 2.95. The Labute approximate surface area is 191 Å². The van der Waals surface area contributed by atoms with E-state index in [2.05, 4.69) is 37.6 Å². The minimum absolute atomic E-state index is 0.0111. The minimum Gasteiger partial charge on any atom is -0.428 e. The van der Waals surface area contributed by atoms with Gasteiger partial charge in [-0.3, -0.25) is 9.69 Å². The summed E-state index contributed by atoms with van der Waals surface area (Å²) in [6, 6.07) is 3.13. The lowest BCUT2D eigenvalue weighted by molar-refractivity contribution is -0.161. The van der Waals surface area contributed by atoms with Crippen LogP contribution in [0.4, 0.5) is 0 Å². The van der Waals surface area contributed by atoms with Crippen LogP contribution in [-0.4, -0.2) is 69.8 Å². The molecule has 3 aliphatic heterocycles. The number of nitrogens with one attached hydrogen (secondary N) is 1. The van der Waals surface area contributed by atoms with E-state index in [0.717, 1.165) is 36.8 Å². The first-order valence-corrected chi connectivity index (χ1v) is 15.2. The van der Waals surface area contributed by atoms with Crippen LogP contribution in [0.3, 0.4) is 0 Å². The molecule has 1 unspecified atom stereocenters. The van der Waals surface area contributed by atoms with Crippen LogP contribution < -0.4 is 5.00 Å². The number of β-lactam (4-membered cyclic amide) rings is 1. The van der Waals surface area contributed by atoms with Crippen molar-refractivity contribution in [2.45, 2.75) is 77.7 Å². The molecule has 1 N–H and O–H groups in total. The van der Waals surface area contributed by atoms with Crippen molar-refractivity contribution in [2.75, 3.05) is 19.6 Å². The predicted molar refractivity (Wildman–Crippen MR) is 127 cm³/mol. The number of fused-ring (bicyclic) bond motifs is 1. The Bertz CT molecular complexity index is 706. The Balaban J connectivity index is 1.83. The molecular weight excluding hydrogens is 428 g/mol. The van der Waals surface area contributed by atoms with Crippen LogP contribution in [0.1, 0.15) is 47.5 Å². The summed E-state index contributed by atoms with van der Waals surface area (Å²) in [6.45, 7) is 13.6. The molecule has 10 heteroatoms. The summed E-state index contributed by atoms with van der Waals surface area (Å²) in [5.74, 6) is -0.574. The maximum absolute atomic E-state index is 13.3. The van der Waals surface area contributed by atoms with Gasteiger partial charge in [-0.05, 0) is 56.6 Å². The largest absolute Gasteiger partial charge is 0.428 e. The standard InChI is InChI=1S/C21H37BN3O4PSi/c1-6-31(7-2,8-3)29-15(5)17-18-14(4)16(13-24-11-9-10-12-24)19(25(18)20(17)26)21(27)28-30-23-22/h14-15,17-18,23,30H,6-13H2,1-5H3/t14-,15+,17+,18+/m0/s1. The molecule has 1 amide bonds. The Hall–Kier alpha value is -0.728. The number of carbonyl (C=O) groups excluding carboxylic acids is 2.